The summed E-state index contributed by atoms with van der Waals surface area (Å²) in [6, 6.07) is 16.5. The molecule has 2 aromatic rings. The summed E-state index contributed by atoms with van der Waals surface area (Å²) in [6.07, 6.45) is -0.162. The molecule has 0 saturated carbocycles. The van der Waals surface area contributed by atoms with Crippen LogP contribution in [0.15, 0.2) is 54.6 Å². The fourth-order valence-corrected chi connectivity index (χ4v) is 2.41. The predicted octanol–water partition coefficient (Wildman–Crippen LogP) is -0.786. The van der Waals surface area contributed by atoms with Crippen LogP contribution in [-0.4, -0.2) is 24.0 Å². The number of aliphatic hydroxyl groups is 1. The van der Waals surface area contributed by atoms with Gasteiger partial charge in [-0.3, -0.25) is 4.79 Å². The number of carbonyl (C=O) groups is 1. The first-order valence-corrected chi connectivity index (χ1v) is 7.38. The lowest BCUT2D eigenvalue weighted by atomic mass is 10.1. The van der Waals surface area contributed by atoms with E-state index in [1.54, 1.807) is 6.07 Å². The van der Waals surface area contributed by atoms with Gasteiger partial charge >= 0.3 is 0 Å². The number of halogens is 2. The van der Waals surface area contributed by atoms with Crippen molar-refractivity contribution in [1.29, 1.82) is 0 Å². The summed E-state index contributed by atoms with van der Waals surface area (Å²) < 4.78 is 0. The van der Waals surface area contributed by atoms with Gasteiger partial charge in [-0.15, -0.1) is 0 Å². The van der Waals surface area contributed by atoms with Gasteiger partial charge < -0.3 is 22.8 Å². The highest BCUT2D eigenvalue weighted by Gasteiger charge is 2.13. The molecule has 0 saturated heterocycles. The molecular weight excluding hydrogens is 321 g/mol. The SMILES string of the molecule is O=C(CC[NH2+]CC(O)c1ccccc1Cl)c1ccccc1.[Cl-]. The summed E-state index contributed by atoms with van der Waals surface area (Å²) >= 11 is 6.03. The Balaban J connectivity index is 0.00000242. The second kappa shape index (κ2) is 9.59. The molecule has 2 aromatic carbocycles. The number of rotatable bonds is 7. The molecule has 0 aliphatic carbocycles. The Morgan fingerprint density at radius 3 is 2.41 bits per heavy atom. The lowest BCUT2D eigenvalue weighted by Crippen LogP contribution is -3.00. The lowest BCUT2D eigenvalue weighted by Gasteiger charge is -2.11. The van der Waals surface area contributed by atoms with Gasteiger partial charge in [-0.1, -0.05) is 60.1 Å². The van der Waals surface area contributed by atoms with Crippen molar-refractivity contribution in [3.63, 3.8) is 0 Å². The number of nitrogens with two attached hydrogens (primary N) is 1. The second-order valence-electron chi connectivity index (χ2n) is 4.89. The largest absolute Gasteiger partial charge is 1.00 e. The van der Waals surface area contributed by atoms with Crippen LogP contribution in [0.4, 0.5) is 0 Å². The average Bonchev–Trinajstić information content (AvgIpc) is 2.52. The molecule has 0 bridgehead atoms. The highest BCUT2D eigenvalue weighted by molar-refractivity contribution is 6.31. The molecule has 3 N–H and O–H groups in total. The Hall–Kier alpha value is -1.39. The molecule has 118 valence electrons. The molecule has 2 rings (SSSR count). The minimum absolute atomic E-state index is 0. The van der Waals surface area contributed by atoms with Crippen molar-refractivity contribution in [2.24, 2.45) is 0 Å². The summed E-state index contributed by atoms with van der Waals surface area (Å²) in [4.78, 5) is 11.9. The zero-order valence-corrected chi connectivity index (χ0v) is 13.6. The van der Waals surface area contributed by atoms with Gasteiger partial charge in [0.1, 0.15) is 12.6 Å². The van der Waals surface area contributed by atoms with Gasteiger partial charge in [-0.25, -0.2) is 0 Å². The molecule has 0 aliphatic rings. The van der Waals surface area contributed by atoms with Crippen molar-refractivity contribution in [1.82, 2.24) is 0 Å². The third-order valence-electron chi connectivity index (χ3n) is 3.33. The van der Waals surface area contributed by atoms with E-state index in [1.807, 2.05) is 53.8 Å². The highest BCUT2D eigenvalue weighted by atomic mass is 35.5. The van der Waals surface area contributed by atoms with Gasteiger partial charge in [0.05, 0.1) is 13.0 Å². The van der Waals surface area contributed by atoms with Crippen LogP contribution >= 0.6 is 11.6 Å². The number of benzene rings is 2. The monoisotopic (exact) mass is 339 g/mol. The van der Waals surface area contributed by atoms with Crippen LogP contribution in [0.25, 0.3) is 0 Å². The van der Waals surface area contributed by atoms with E-state index < -0.39 is 6.10 Å². The van der Waals surface area contributed by atoms with Crippen LogP contribution in [0.5, 0.6) is 0 Å². The zero-order chi connectivity index (χ0) is 15.1. The fourth-order valence-electron chi connectivity index (χ4n) is 2.15. The van der Waals surface area contributed by atoms with Crippen molar-refractivity contribution >= 4 is 17.4 Å². The number of aliphatic hydroxyl groups excluding tert-OH is 1. The maximum atomic E-state index is 11.9. The third kappa shape index (κ3) is 5.43. The van der Waals surface area contributed by atoms with E-state index in [-0.39, 0.29) is 18.2 Å². The Morgan fingerprint density at radius 2 is 1.73 bits per heavy atom. The number of quaternary nitrogens is 1. The zero-order valence-electron chi connectivity index (χ0n) is 12.1. The Kier molecular flexibility index (Phi) is 8.13. The first-order chi connectivity index (χ1) is 10.2. The minimum atomic E-state index is -0.620. The predicted molar refractivity (Wildman–Crippen MR) is 83.5 cm³/mol. The summed E-state index contributed by atoms with van der Waals surface area (Å²) in [6.45, 7) is 1.14. The smallest absolute Gasteiger partial charge is 0.168 e. The fraction of sp³-hybridized carbons (Fsp3) is 0.235. The molecule has 5 heteroatoms. The summed E-state index contributed by atoms with van der Waals surface area (Å²) in [5.41, 5.74) is 1.46. The summed E-state index contributed by atoms with van der Waals surface area (Å²) in [5.74, 6) is 0.124. The normalized spacial score (nSPS) is 11.5. The number of hydrogen-bond acceptors (Lipinski definition) is 2. The van der Waals surface area contributed by atoms with Gasteiger partial charge in [-0.2, -0.15) is 0 Å². The topological polar surface area (TPSA) is 53.9 Å². The van der Waals surface area contributed by atoms with Crippen molar-refractivity contribution in [3.8, 4) is 0 Å². The maximum Gasteiger partial charge on any atom is 0.168 e. The van der Waals surface area contributed by atoms with E-state index in [9.17, 15) is 9.90 Å². The molecule has 0 spiro atoms. The Labute approximate surface area is 141 Å². The molecule has 0 heterocycles. The molecule has 0 radical (unpaired) electrons. The van der Waals surface area contributed by atoms with Crippen molar-refractivity contribution in [3.05, 3.63) is 70.7 Å². The van der Waals surface area contributed by atoms with E-state index in [0.29, 0.717) is 24.5 Å². The van der Waals surface area contributed by atoms with Crippen LogP contribution in [0.1, 0.15) is 28.4 Å². The summed E-state index contributed by atoms with van der Waals surface area (Å²) in [5, 5.41) is 12.6. The van der Waals surface area contributed by atoms with Crippen LogP contribution in [0, 0.1) is 0 Å². The van der Waals surface area contributed by atoms with Crippen LogP contribution < -0.4 is 17.7 Å². The lowest BCUT2D eigenvalue weighted by molar-refractivity contribution is -0.660. The minimum Gasteiger partial charge on any atom is -1.00 e. The maximum absolute atomic E-state index is 11.9. The van der Waals surface area contributed by atoms with Crippen molar-refractivity contribution in [2.45, 2.75) is 12.5 Å². The number of Topliss-reactive ketones (excluding diaryl/α,β-unsaturated/α-hetero) is 1. The first kappa shape index (κ1) is 18.7. The highest BCUT2D eigenvalue weighted by Crippen LogP contribution is 2.21. The third-order valence-corrected chi connectivity index (χ3v) is 3.67. The molecule has 1 unspecified atom stereocenters. The number of ketones is 1. The molecule has 0 fully saturated rings. The van der Waals surface area contributed by atoms with E-state index in [2.05, 4.69) is 0 Å². The van der Waals surface area contributed by atoms with Gasteiger partial charge in [-0.05, 0) is 6.07 Å². The van der Waals surface area contributed by atoms with E-state index in [4.69, 9.17) is 11.6 Å². The molecule has 0 aromatic heterocycles. The van der Waals surface area contributed by atoms with Gasteiger partial charge in [0, 0.05) is 16.1 Å². The van der Waals surface area contributed by atoms with Crippen LogP contribution in [0.2, 0.25) is 5.02 Å². The quantitative estimate of drug-likeness (QED) is 0.513. The van der Waals surface area contributed by atoms with E-state index in [1.165, 1.54) is 0 Å². The first-order valence-electron chi connectivity index (χ1n) is 7.01. The number of hydrogen-bond donors (Lipinski definition) is 2. The van der Waals surface area contributed by atoms with Crippen molar-refractivity contribution < 1.29 is 27.6 Å². The molecule has 3 nitrogen and oxygen atoms in total. The van der Waals surface area contributed by atoms with Gasteiger partial charge in [0.2, 0.25) is 0 Å². The molecule has 1 atom stereocenters. The Bertz CT molecular complexity index is 590. The average molecular weight is 340 g/mol. The second-order valence-corrected chi connectivity index (χ2v) is 5.30. The molecule has 22 heavy (non-hydrogen) atoms. The number of carbonyl (C=O) groups excluding carboxylic acids is 1. The van der Waals surface area contributed by atoms with Crippen LogP contribution in [0.3, 0.4) is 0 Å². The van der Waals surface area contributed by atoms with Crippen LogP contribution in [-0.2, 0) is 0 Å². The van der Waals surface area contributed by atoms with E-state index in [0.717, 1.165) is 11.1 Å². The van der Waals surface area contributed by atoms with Gasteiger partial charge in [0.15, 0.2) is 5.78 Å². The molecular formula is C17H19Cl2NO2. The Morgan fingerprint density at radius 1 is 1.09 bits per heavy atom. The van der Waals surface area contributed by atoms with E-state index >= 15 is 0 Å². The molecule has 0 aliphatic heterocycles. The van der Waals surface area contributed by atoms with Crippen molar-refractivity contribution in [2.75, 3.05) is 13.1 Å². The summed E-state index contributed by atoms with van der Waals surface area (Å²) in [7, 11) is 0. The standard InChI is InChI=1S/C17H18ClNO2.ClH/c18-15-9-5-4-8-14(15)17(21)12-19-11-10-16(20)13-6-2-1-3-7-13;/h1-9,17,19,21H,10-12H2;1H. The molecule has 0 amide bonds. The van der Waals surface area contributed by atoms with Gasteiger partial charge in [0.25, 0.3) is 0 Å².